The average molecular weight is 650 g/mol. The predicted molar refractivity (Wildman–Crippen MR) is 215 cm³/mol. The Kier molecular flexibility index (Phi) is 6.87. The molecule has 50 heavy (non-hydrogen) atoms. The maximum Gasteiger partial charge on any atom is 0.252 e. The van der Waals surface area contributed by atoms with Crippen LogP contribution in [0.25, 0.3) is 0 Å². The molecule has 0 saturated heterocycles. The minimum Gasteiger partial charge on any atom is -0.342 e. The van der Waals surface area contributed by atoms with Gasteiger partial charge in [0, 0.05) is 46.4 Å². The maximum atomic E-state index is 2.66. The van der Waals surface area contributed by atoms with Crippen molar-refractivity contribution in [2.24, 2.45) is 0 Å². The topological polar surface area (TPSA) is 9.72 Å². The zero-order valence-corrected chi connectivity index (χ0v) is 30.0. The average Bonchev–Trinajstić information content (AvgIpc) is 3.56. The summed E-state index contributed by atoms with van der Waals surface area (Å²) in [5.41, 5.74) is 18.6. The van der Waals surface area contributed by atoms with Crippen molar-refractivity contribution in [3.63, 3.8) is 0 Å². The lowest BCUT2D eigenvalue weighted by atomic mass is 9.33. The summed E-state index contributed by atoms with van der Waals surface area (Å²) < 4.78 is 0. The molecule has 0 unspecified atom stereocenters. The normalized spacial score (nSPS) is 14.3. The van der Waals surface area contributed by atoms with E-state index in [1.807, 2.05) is 0 Å². The molecule has 3 heterocycles. The highest BCUT2D eigenvalue weighted by atomic mass is 15.2. The Morgan fingerprint density at radius 1 is 0.560 bits per heavy atom. The summed E-state index contributed by atoms with van der Waals surface area (Å²) in [6, 6.07) is 49.8. The Balaban J connectivity index is 1.39. The first-order chi connectivity index (χ1) is 24.1. The number of fused-ring (bicyclic) bond motifs is 4. The molecular weight excluding hydrogens is 605 g/mol. The summed E-state index contributed by atoms with van der Waals surface area (Å²) in [6.45, 7) is 15.2. The molecule has 4 heteroatoms. The summed E-state index contributed by atoms with van der Waals surface area (Å²) in [5.74, 6) is 0. The van der Waals surface area contributed by atoms with Crippen molar-refractivity contribution in [2.45, 2.75) is 58.8 Å². The van der Waals surface area contributed by atoms with Gasteiger partial charge in [0.2, 0.25) is 0 Å². The van der Waals surface area contributed by atoms with Crippen LogP contribution in [0.15, 0.2) is 133 Å². The number of nitrogens with zero attached hydrogens (tertiary/aromatic N) is 3. The largest absolute Gasteiger partial charge is 0.342 e. The van der Waals surface area contributed by atoms with Crippen LogP contribution in [0.1, 0.15) is 58.2 Å². The van der Waals surface area contributed by atoms with Crippen molar-refractivity contribution in [3.05, 3.63) is 150 Å². The molecule has 3 aliphatic heterocycles. The summed E-state index contributed by atoms with van der Waals surface area (Å²) in [6.07, 6.45) is 1.06. The molecule has 3 aliphatic rings. The fourth-order valence-electron chi connectivity index (χ4n) is 8.69. The van der Waals surface area contributed by atoms with Crippen LogP contribution < -0.4 is 31.1 Å². The van der Waals surface area contributed by atoms with Gasteiger partial charge in [0.1, 0.15) is 0 Å². The van der Waals surface area contributed by atoms with Gasteiger partial charge in [-0.25, -0.2) is 0 Å². The van der Waals surface area contributed by atoms with Crippen molar-refractivity contribution in [1.29, 1.82) is 0 Å². The van der Waals surface area contributed by atoms with Gasteiger partial charge in [-0.15, -0.1) is 0 Å². The van der Waals surface area contributed by atoms with E-state index in [1.54, 1.807) is 0 Å². The van der Waals surface area contributed by atoms with Gasteiger partial charge in [0.25, 0.3) is 6.71 Å². The lowest BCUT2D eigenvalue weighted by Gasteiger charge is -2.44. The fourth-order valence-corrected chi connectivity index (χ4v) is 8.69. The van der Waals surface area contributed by atoms with Gasteiger partial charge >= 0.3 is 0 Å². The first-order valence-corrected chi connectivity index (χ1v) is 18.1. The Morgan fingerprint density at radius 2 is 1.16 bits per heavy atom. The van der Waals surface area contributed by atoms with Crippen LogP contribution in [0.2, 0.25) is 0 Å². The number of rotatable bonds is 4. The van der Waals surface area contributed by atoms with E-state index in [0.29, 0.717) is 0 Å². The molecule has 0 radical (unpaired) electrons. The molecule has 3 nitrogen and oxygen atoms in total. The molecule has 0 spiro atoms. The van der Waals surface area contributed by atoms with E-state index in [0.717, 1.165) is 30.0 Å². The van der Waals surface area contributed by atoms with Crippen LogP contribution in [0, 0.1) is 0 Å². The van der Waals surface area contributed by atoms with E-state index >= 15 is 0 Å². The van der Waals surface area contributed by atoms with Gasteiger partial charge in [0.15, 0.2) is 0 Å². The number of benzene rings is 6. The molecule has 6 aromatic rings. The number of hydrogen-bond acceptors (Lipinski definition) is 3. The SMILES string of the molecule is CC(C)(C)c1ccc2c(c1)N(c1ccccc1)c1cc(N(c3ccccc3)c3ccccc3)cc3c1B2c1ccc(C(C)(C)C)c2c1N3CC2. The third-order valence-electron chi connectivity index (χ3n) is 11.0. The van der Waals surface area contributed by atoms with Gasteiger partial charge in [0.05, 0.1) is 5.69 Å². The minimum absolute atomic E-state index is 0.0149. The second kappa shape index (κ2) is 11.1. The second-order valence-electron chi connectivity index (χ2n) is 16.2. The molecule has 6 aromatic carbocycles. The van der Waals surface area contributed by atoms with E-state index < -0.39 is 0 Å². The quantitative estimate of drug-likeness (QED) is 0.176. The van der Waals surface area contributed by atoms with Crippen molar-refractivity contribution in [1.82, 2.24) is 0 Å². The van der Waals surface area contributed by atoms with Gasteiger partial charge < -0.3 is 14.7 Å². The van der Waals surface area contributed by atoms with Crippen LogP contribution in [-0.4, -0.2) is 13.3 Å². The lowest BCUT2D eigenvalue weighted by molar-refractivity contribution is 0.585. The van der Waals surface area contributed by atoms with Gasteiger partial charge in [-0.2, -0.15) is 0 Å². The molecule has 0 saturated carbocycles. The summed E-state index contributed by atoms with van der Waals surface area (Å²) in [7, 11) is 0. The highest BCUT2D eigenvalue weighted by molar-refractivity contribution is 7.00. The zero-order chi connectivity index (χ0) is 34.4. The van der Waals surface area contributed by atoms with Gasteiger partial charge in [-0.1, -0.05) is 120 Å². The monoisotopic (exact) mass is 649 g/mol. The summed E-state index contributed by atoms with van der Waals surface area (Å²) >= 11 is 0. The molecule has 246 valence electrons. The Labute approximate surface area is 297 Å². The van der Waals surface area contributed by atoms with Crippen LogP contribution in [0.4, 0.5) is 45.5 Å². The van der Waals surface area contributed by atoms with E-state index in [4.69, 9.17) is 0 Å². The van der Waals surface area contributed by atoms with Crippen molar-refractivity contribution in [2.75, 3.05) is 21.2 Å². The van der Waals surface area contributed by atoms with E-state index in [2.05, 4.69) is 190 Å². The first-order valence-electron chi connectivity index (χ1n) is 18.1. The Bertz CT molecular complexity index is 2210. The molecule has 0 amide bonds. The third-order valence-corrected chi connectivity index (χ3v) is 11.0. The van der Waals surface area contributed by atoms with Gasteiger partial charge in [-0.05, 0) is 105 Å². The molecule has 0 aromatic heterocycles. The lowest BCUT2D eigenvalue weighted by Crippen LogP contribution is -2.61. The molecule has 9 rings (SSSR count). The summed E-state index contributed by atoms with van der Waals surface area (Å²) in [5, 5.41) is 0. The fraction of sp³-hybridized carbons (Fsp3) is 0.217. The highest BCUT2D eigenvalue weighted by Gasteiger charge is 2.46. The molecule has 0 atom stereocenters. The number of para-hydroxylation sites is 3. The molecular formula is C46H44BN3. The zero-order valence-electron chi connectivity index (χ0n) is 30.0. The van der Waals surface area contributed by atoms with E-state index in [-0.39, 0.29) is 17.5 Å². The maximum absolute atomic E-state index is 2.66. The van der Waals surface area contributed by atoms with Crippen molar-refractivity contribution in [3.8, 4) is 0 Å². The number of anilines is 8. The minimum atomic E-state index is 0.0149. The van der Waals surface area contributed by atoms with Crippen molar-refractivity contribution < 1.29 is 0 Å². The van der Waals surface area contributed by atoms with Crippen LogP contribution in [0.5, 0.6) is 0 Å². The summed E-state index contributed by atoms with van der Waals surface area (Å²) in [4.78, 5) is 7.63. The molecule has 0 bridgehead atoms. The van der Waals surface area contributed by atoms with E-state index in [1.165, 1.54) is 61.5 Å². The van der Waals surface area contributed by atoms with Crippen LogP contribution >= 0.6 is 0 Å². The predicted octanol–water partition coefficient (Wildman–Crippen LogP) is 10.1. The van der Waals surface area contributed by atoms with E-state index in [9.17, 15) is 0 Å². The van der Waals surface area contributed by atoms with Crippen LogP contribution in [0.3, 0.4) is 0 Å². The van der Waals surface area contributed by atoms with Crippen LogP contribution in [-0.2, 0) is 17.3 Å². The Hall–Kier alpha value is -5.22. The molecule has 0 N–H and O–H groups in total. The first kappa shape index (κ1) is 30.8. The Morgan fingerprint density at radius 3 is 1.78 bits per heavy atom. The highest BCUT2D eigenvalue weighted by Crippen LogP contribution is 2.49. The molecule has 0 fully saturated rings. The smallest absolute Gasteiger partial charge is 0.252 e. The van der Waals surface area contributed by atoms with Crippen molar-refractivity contribution >= 4 is 68.6 Å². The standard InChI is InChI=1S/C46H44BN3/c1-45(2,3)31-22-24-38-40(28-31)50(34-20-14-9-15-21-34)42-30-35(49(32-16-10-7-11-17-32)33-18-12-8-13-19-33)29-41-43(42)47(38)39-25-23-37(46(4,5)6)36-26-27-48(41)44(36)39/h7-25,28-30H,26-27H2,1-6H3. The molecule has 0 aliphatic carbocycles. The number of hydrogen-bond donors (Lipinski definition) is 0. The van der Waals surface area contributed by atoms with Gasteiger partial charge in [-0.3, -0.25) is 0 Å². The third kappa shape index (κ3) is 4.72. The second-order valence-corrected chi connectivity index (χ2v) is 16.2.